The summed E-state index contributed by atoms with van der Waals surface area (Å²) in [5.41, 5.74) is 1.88. The zero-order chi connectivity index (χ0) is 26.0. The fourth-order valence-electron chi connectivity index (χ4n) is 3.83. The average Bonchev–Trinajstić information content (AvgIpc) is 3.22. The molecule has 0 spiro atoms. The lowest BCUT2D eigenvalue weighted by Crippen LogP contribution is -2.45. The van der Waals surface area contributed by atoms with Crippen LogP contribution >= 0.6 is 0 Å². The quantitative estimate of drug-likeness (QED) is 0.591. The smallest absolute Gasteiger partial charge is 0.410 e. The molecule has 8 heteroatoms. The summed E-state index contributed by atoms with van der Waals surface area (Å²) in [4.78, 5) is 43.6. The molecule has 0 radical (unpaired) electrons. The summed E-state index contributed by atoms with van der Waals surface area (Å²) in [5.74, 6) is -0.242. The Hall–Kier alpha value is -3.42. The van der Waals surface area contributed by atoms with Gasteiger partial charge in [0.2, 0.25) is 5.91 Å². The molecule has 0 unspecified atom stereocenters. The van der Waals surface area contributed by atoms with E-state index in [1.165, 1.54) is 4.90 Å². The van der Waals surface area contributed by atoms with Crippen molar-refractivity contribution in [2.45, 2.75) is 78.6 Å². The first-order chi connectivity index (χ1) is 16.2. The first kappa shape index (κ1) is 26.2. The number of carbonyl (C=O) groups is 3. The van der Waals surface area contributed by atoms with Crippen LogP contribution in [0.4, 0.5) is 10.6 Å². The molecule has 1 N–H and O–H groups in total. The number of anilines is 1. The zero-order valence-corrected chi connectivity index (χ0v) is 21.6. The van der Waals surface area contributed by atoms with E-state index < -0.39 is 23.3 Å². The van der Waals surface area contributed by atoms with Crippen molar-refractivity contribution in [1.82, 2.24) is 9.88 Å². The van der Waals surface area contributed by atoms with Crippen molar-refractivity contribution in [2.24, 2.45) is 0 Å². The Labute approximate surface area is 207 Å². The summed E-state index contributed by atoms with van der Waals surface area (Å²) >= 11 is 0. The molecule has 188 valence electrons. The molecule has 1 aliphatic rings. The van der Waals surface area contributed by atoms with E-state index in [9.17, 15) is 14.4 Å². The minimum absolute atomic E-state index is 0.286. The molecule has 8 nitrogen and oxygen atoms in total. The number of hydrogen-bond acceptors (Lipinski definition) is 6. The van der Waals surface area contributed by atoms with Crippen LogP contribution in [0.15, 0.2) is 36.5 Å². The Morgan fingerprint density at radius 2 is 1.63 bits per heavy atom. The fraction of sp³-hybridized carbons (Fsp3) is 0.481. The van der Waals surface area contributed by atoms with E-state index in [1.807, 2.05) is 45.9 Å². The summed E-state index contributed by atoms with van der Waals surface area (Å²) in [6.45, 7) is 13.3. The number of nitrogens with zero attached hydrogens (tertiary/aromatic N) is 2. The van der Waals surface area contributed by atoms with Gasteiger partial charge >= 0.3 is 12.1 Å². The highest BCUT2D eigenvalue weighted by atomic mass is 16.6. The van der Waals surface area contributed by atoms with Gasteiger partial charge in [-0.25, -0.2) is 14.6 Å². The van der Waals surface area contributed by atoms with Gasteiger partial charge in [0.05, 0.1) is 5.56 Å². The number of rotatable bonds is 4. The monoisotopic (exact) mass is 481 g/mol. The lowest BCUT2D eigenvalue weighted by molar-refractivity contribution is -0.120. The second-order valence-corrected chi connectivity index (χ2v) is 10.8. The van der Waals surface area contributed by atoms with Crippen LogP contribution in [0.2, 0.25) is 0 Å². The number of esters is 1. The Kier molecular flexibility index (Phi) is 7.53. The van der Waals surface area contributed by atoms with Crippen molar-refractivity contribution >= 4 is 23.8 Å². The minimum atomic E-state index is -0.623. The fourth-order valence-corrected chi connectivity index (χ4v) is 3.83. The van der Waals surface area contributed by atoms with E-state index in [0.29, 0.717) is 24.3 Å². The van der Waals surface area contributed by atoms with Crippen molar-refractivity contribution in [3.63, 3.8) is 0 Å². The maximum atomic E-state index is 12.9. The molecule has 1 atom stereocenters. The third-order valence-corrected chi connectivity index (χ3v) is 5.38. The van der Waals surface area contributed by atoms with Crippen LogP contribution in [0, 0.1) is 6.92 Å². The molecule has 1 aromatic carbocycles. The van der Waals surface area contributed by atoms with Gasteiger partial charge in [0.1, 0.15) is 23.1 Å². The number of nitrogens with one attached hydrogen (secondary N) is 1. The number of aromatic nitrogens is 1. The van der Waals surface area contributed by atoms with E-state index in [0.717, 1.165) is 23.1 Å². The van der Waals surface area contributed by atoms with Crippen LogP contribution in [0.3, 0.4) is 0 Å². The predicted molar refractivity (Wildman–Crippen MR) is 134 cm³/mol. The number of ether oxygens (including phenoxy) is 2. The SMILES string of the molecule is Cc1cc(-c2ccc(NC(=O)[C@H]3CCCN3C(=O)OC(C)(C)C)nc2)ccc1C(=O)OC(C)(C)C. The van der Waals surface area contributed by atoms with Crippen LogP contribution in [0.5, 0.6) is 0 Å². The number of hydrogen-bond donors (Lipinski definition) is 1. The summed E-state index contributed by atoms with van der Waals surface area (Å²) in [7, 11) is 0. The number of benzene rings is 1. The summed E-state index contributed by atoms with van der Waals surface area (Å²) in [6.07, 6.45) is 2.50. The van der Waals surface area contributed by atoms with Gasteiger partial charge in [0.25, 0.3) is 0 Å². The first-order valence-electron chi connectivity index (χ1n) is 11.8. The summed E-state index contributed by atoms with van der Waals surface area (Å²) < 4.78 is 10.9. The van der Waals surface area contributed by atoms with Gasteiger partial charge in [-0.05, 0) is 90.6 Å². The molecule has 1 saturated heterocycles. The minimum Gasteiger partial charge on any atom is -0.456 e. The summed E-state index contributed by atoms with van der Waals surface area (Å²) in [6, 6.07) is 8.49. The topological polar surface area (TPSA) is 97.8 Å². The number of aryl methyl sites for hydroxylation is 1. The molecule has 3 rings (SSSR count). The molecule has 1 aromatic heterocycles. The Balaban J connectivity index is 1.67. The average molecular weight is 482 g/mol. The van der Waals surface area contributed by atoms with Gasteiger partial charge in [-0.1, -0.05) is 12.1 Å². The molecule has 2 heterocycles. The van der Waals surface area contributed by atoms with Crippen LogP contribution in [0.1, 0.15) is 70.3 Å². The highest BCUT2D eigenvalue weighted by molar-refractivity contribution is 5.96. The van der Waals surface area contributed by atoms with Gasteiger partial charge in [-0.2, -0.15) is 0 Å². The zero-order valence-electron chi connectivity index (χ0n) is 21.6. The maximum Gasteiger partial charge on any atom is 0.410 e. The van der Waals surface area contributed by atoms with E-state index in [4.69, 9.17) is 9.47 Å². The predicted octanol–water partition coefficient (Wildman–Crippen LogP) is 5.35. The van der Waals surface area contributed by atoms with E-state index in [1.54, 1.807) is 39.1 Å². The highest BCUT2D eigenvalue weighted by Crippen LogP contribution is 2.25. The van der Waals surface area contributed by atoms with Crippen LogP contribution in [-0.4, -0.2) is 51.6 Å². The summed E-state index contributed by atoms with van der Waals surface area (Å²) in [5, 5.41) is 2.81. The highest BCUT2D eigenvalue weighted by Gasteiger charge is 2.36. The van der Waals surface area contributed by atoms with Crippen LogP contribution in [-0.2, 0) is 14.3 Å². The van der Waals surface area contributed by atoms with Crippen LogP contribution in [0.25, 0.3) is 11.1 Å². The third kappa shape index (κ3) is 7.04. The molecule has 0 bridgehead atoms. The molecule has 0 aliphatic carbocycles. The molecule has 1 fully saturated rings. The van der Waals surface area contributed by atoms with Crippen molar-refractivity contribution in [3.05, 3.63) is 47.7 Å². The van der Waals surface area contributed by atoms with Crippen molar-refractivity contribution in [1.29, 1.82) is 0 Å². The van der Waals surface area contributed by atoms with Crippen LogP contribution < -0.4 is 5.32 Å². The molecular formula is C27H35N3O5. The van der Waals surface area contributed by atoms with Crippen molar-refractivity contribution in [2.75, 3.05) is 11.9 Å². The van der Waals surface area contributed by atoms with E-state index >= 15 is 0 Å². The normalized spacial score (nSPS) is 16.1. The van der Waals surface area contributed by atoms with E-state index in [-0.39, 0.29) is 11.9 Å². The Bertz CT molecular complexity index is 1100. The lowest BCUT2D eigenvalue weighted by Gasteiger charge is -2.27. The standard InChI is InChI=1S/C27H35N3O5/c1-17-15-18(10-12-20(17)24(32)34-26(2,3)4)19-11-13-22(28-16-19)29-23(31)21-9-8-14-30(21)25(33)35-27(5,6)7/h10-13,15-16,21H,8-9,14H2,1-7H3,(H,28,29,31)/t21-/m1/s1. The lowest BCUT2D eigenvalue weighted by atomic mass is 10.0. The van der Waals surface area contributed by atoms with Gasteiger partial charge < -0.3 is 14.8 Å². The van der Waals surface area contributed by atoms with Crippen molar-refractivity contribution < 1.29 is 23.9 Å². The van der Waals surface area contributed by atoms with Gasteiger partial charge in [0.15, 0.2) is 0 Å². The molecule has 2 amide bonds. The molecule has 35 heavy (non-hydrogen) atoms. The number of likely N-dealkylation sites (tertiary alicyclic amines) is 1. The molecule has 2 aromatic rings. The Morgan fingerprint density at radius 3 is 2.20 bits per heavy atom. The van der Waals surface area contributed by atoms with Gasteiger partial charge in [-0.15, -0.1) is 0 Å². The second-order valence-electron chi connectivity index (χ2n) is 10.8. The molecule has 0 saturated carbocycles. The Morgan fingerprint density at radius 1 is 0.971 bits per heavy atom. The van der Waals surface area contributed by atoms with Gasteiger partial charge in [0, 0.05) is 18.3 Å². The van der Waals surface area contributed by atoms with Crippen molar-refractivity contribution in [3.8, 4) is 11.1 Å². The second kappa shape index (κ2) is 10.1. The third-order valence-electron chi connectivity index (χ3n) is 5.38. The largest absolute Gasteiger partial charge is 0.456 e. The first-order valence-corrected chi connectivity index (χ1v) is 11.8. The number of pyridine rings is 1. The van der Waals surface area contributed by atoms with E-state index in [2.05, 4.69) is 10.3 Å². The molecule has 1 aliphatic heterocycles. The molecular weight excluding hydrogens is 446 g/mol. The number of amides is 2. The number of carbonyl (C=O) groups excluding carboxylic acids is 3. The maximum absolute atomic E-state index is 12.9. The van der Waals surface area contributed by atoms with Gasteiger partial charge in [-0.3, -0.25) is 9.69 Å².